The third-order valence-electron chi connectivity index (χ3n) is 2.56. The average Bonchev–Trinajstić information content (AvgIpc) is 2.14. The van der Waals surface area contributed by atoms with Crippen LogP contribution in [0.15, 0.2) is 12.2 Å². The lowest BCUT2D eigenvalue weighted by Gasteiger charge is -2.36. The number of nitrogens with zero attached hydrogens (tertiary/aromatic N) is 2. The number of carbonyl (C=O) groups is 1. The van der Waals surface area contributed by atoms with E-state index in [9.17, 15) is 4.79 Å². The van der Waals surface area contributed by atoms with Gasteiger partial charge in [0.2, 0.25) is 5.91 Å². The van der Waals surface area contributed by atoms with E-state index >= 15 is 0 Å². The fraction of sp³-hybridized carbons (Fsp3) is 0.727. The first-order valence-electron chi connectivity index (χ1n) is 5.28. The highest BCUT2D eigenvalue weighted by atomic mass is 16.2. The molecule has 1 aliphatic rings. The Balaban J connectivity index is 2.42. The summed E-state index contributed by atoms with van der Waals surface area (Å²) in [5.74, 6) is 0.260. The van der Waals surface area contributed by atoms with Gasteiger partial charge in [-0.3, -0.25) is 9.69 Å². The zero-order chi connectivity index (χ0) is 10.6. The topological polar surface area (TPSA) is 23.6 Å². The zero-order valence-corrected chi connectivity index (χ0v) is 9.36. The molecule has 1 aliphatic heterocycles. The van der Waals surface area contributed by atoms with Gasteiger partial charge < -0.3 is 4.90 Å². The molecule has 0 bridgehead atoms. The predicted octanol–water partition coefficient (Wildman–Crippen LogP) is 1.12. The highest BCUT2D eigenvalue weighted by Crippen LogP contribution is 2.06. The second-order valence-electron chi connectivity index (χ2n) is 3.99. The summed E-state index contributed by atoms with van der Waals surface area (Å²) in [5, 5.41) is 0. The number of hydrogen-bond donors (Lipinski definition) is 0. The van der Waals surface area contributed by atoms with Crippen molar-refractivity contribution in [1.82, 2.24) is 9.80 Å². The Morgan fingerprint density at radius 2 is 2.14 bits per heavy atom. The molecule has 1 amide bonds. The number of amides is 1. The molecule has 0 unspecified atom stereocenters. The minimum atomic E-state index is 0.260. The number of hydrogen-bond acceptors (Lipinski definition) is 2. The molecule has 0 atom stereocenters. The van der Waals surface area contributed by atoms with E-state index in [0.717, 1.165) is 19.6 Å². The Morgan fingerprint density at radius 3 is 2.64 bits per heavy atom. The lowest BCUT2D eigenvalue weighted by molar-refractivity contribution is -0.137. The summed E-state index contributed by atoms with van der Waals surface area (Å²) in [5.41, 5.74) is 0. The van der Waals surface area contributed by atoms with Crippen LogP contribution in [0, 0.1) is 0 Å². The third-order valence-corrected chi connectivity index (χ3v) is 2.56. The van der Waals surface area contributed by atoms with E-state index in [0.29, 0.717) is 12.6 Å². The molecule has 0 radical (unpaired) electrons. The van der Waals surface area contributed by atoms with E-state index in [1.54, 1.807) is 0 Å². The summed E-state index contributed by atoms with van der Waals surface area (Å²) >= 11 is 0. The van der Waals surface area contributed by atoms with Crippen LogP contribution in [0.3, 0.4) is 0 Å². The van der Waals surface area contributed by atoms with Crippen LogP contribution >= 0.6 is 0 Å². The summed E-state index contributed by atoms with van der Waals surface area (Å²) in [6.45, 7) is 9.48. The summed E-state index contributed by atoms with van der Waals surface area (Å²) in [7, 11) is 0. The molecule has 1 saturated heterocycles. The molecule has 3 nitrogen and oxygen atoms in total. The van der Waals surface area contributed by atoms with Crippen molar-refractivity contribution in [3.05, 3.63) is 12.2 Å². The maximum atomic E-state index is 11.7. The predicted molar refractivity (Wildman–Crippen MR) is 58.1 cm³/mol. The number of carbonyl (C=O) groups excluding carboxylic acids is 1. The van der Waals surface area contributed by atoms with Gasteiger partial charge in [-0.25, -0.2) is 0 Å². The largest absolute Gasteiger partial charge is 0.338 e. The first kappa shape index (κ1) is 11.2. The van der Waals surface area contributed by atoms with Gasteiger partial charge in [0.05, 0.1) is 6.54 Å². The minimum Gasteiger partial charge on any atom is -0.338 e. The fourth-order valence-electron chi connectivity index (χ4n) is 1.69. The van der Waals surface area contributed by atoms with Crippen molar-refractivity contribution >= 4 is 5.91 Å². The van der Waals surface area contributed by atoms with Crippen LogP contribution in [0.25, 0.3) is 0 Å². The summed E-state index contributed by atoms with van der Waals surface area (Å²) in [4.78, 5) is 15.8. The molecule has 1 heterocycles. The Bertz CT molecular complexity index is 223. The van der Waals surface area contributed by atoms with Gasteiger partial charge >= 0.3 is 0 Å². The molecule has 0 spiro atoms. The van der Waals surface area contributed by atoms with Crippen molar-refractivity contribution in [2.24, 2.45) is 0 Å². The lowest BCUT2D eigenvalue weighted by atomic mass is 10.2. The normalized spacial score (nSPS) is 20.0. The second kappa shape index (κ2) is 5.15. The molecule has 1 fully saturated rings. The Labute approximate surface area is 86.4 Å². The van der Waals surface area contributed by atoms with Crippen LogP contribution in [-0.2, 0) is 4.79 Å². The number of allylic oxidation sites excluding steroid dienone is 1. The molecule has 14 heavy (non-hydrogen) atoms. The molecule has 0 aliphatic carbocycles. The maximum Gasteiger partial charge on any atom is 0.237 e. The van der Waals surface area contributed by atoms with Crippen LogP contribution in [-0.4, -0.2) is 47.9 Å². The third kappa shape index (κ3) is 2.84. The van der Waals surface area contributed by atoms with Gasteiger partial charge in [0, 0.05) is 25.7 Å². The number of piperazine rings is 1. The highest BCUT2D eigenvalue weighted by molar-refractivity contribution is 5.79. The van der Waals surface area contributed by atoms with Crippen LogP contribution in [0.1, 0.15) is 20.8 Å². The Kier molecular flexibility index (Phi) is 4.14. The van der Waals surface area contributed by atoms with Crippen molar-refractivity contribution in [3.8, 4) is 0 Å². The average molecular weight is 196 g/mol. The minimum absolute atomic E-state index is 0.260. The molecule has 0 aromatic carbocycles. The van der Waals surface area contributed by atoms with Gasteiger partial charge in [-0.2, -0.15) is 0 Å². The van der Waals surface area contributed by atoms with Crippen molar-refractivity contribution in [2.45, 2.75) is 26.8 Å². The van der Waals surface area contributed by atoms with Crippen molar-refractivity contribution in [3.63, 3.8) is 0 Å². The van der Waals surface area contributed by atoms with Gasteiger partial charge in [-0.05, 0) is 20.8 Å². The van der Waals surface area contributed by atoms with Crippen molar-refractivity contribution in [1.29, 1.82) is 0 Å². The monoisotopic (exact) mass is 196 g/mol. The molecule has 0 aromatic rings. The molecule has 80 valence electrons. The highest BCUT2D eigenvalue weighted by Gasteiger charge is 2.24. The molecule has 0 aromatic heterocycles. The summed E-state index contributed by atoms with van der Waals surface area (Å²) in [6.07, 6.45) is 4.12. The lowest BCUT2D eigenvalue weighted by Crippen LogP contribution is -2.52. The zero-order valence-electron chi connectivity index (χ0n) is 9.36. The Hall–Kier alpha value is -0.830. The molecular formula is C11H20N2O. The van der Waals surface area contributed by atoms with Crippen LogP contribution in [0.5, 0.6) is 0 Å². The van der Waals surface area contributed by atoms with Gasteiger partial charge in [-0.15, -0.1) is 0 Å². The summed E-state index contributed by atoms with van der Waals surface area (Å²) in [6, 6.07) is 0.339. The summed E-state index contributed by atoms with van der Waals surface area (Å²) < 4.78 is 0. The molecule has 1 rings (SSSR count). The molecular weight excluding hydrogens is 176 g/mol. The quantitative estimate of drug-likeness (QED) is 0.631. The maximum absolute atomic E-state index is 11.7. The van der Waals surface area contributed by atoms with Crippen LogP contribution in [0.2, 0.25) is 0 Å². The molecule has 3 heteroatoms. The van der Waals surface area contributed by atoms with E-state index in [-0.39, 0.29) is 5.91 Å². The first-order valence-corrected chi connectivity index (χ1v) is 5.28. The van der Waals surface area contributed by atoms with Gasteiger partial charge in [0.25, 0.3) is 0 Å². The standard InChI is InChI=1S/C11H20N2O/c1-4-5-6-12-7-8-13(10(2)3)11(14)9-12/h4-5,10H,6-9H2,1-3H3. The molecule has 0 N–H and O–H groups in total. The van der Waals surface area contributed by atoms with Crippen LogP contribution < -0.4 is 0 Å². The van der Waals surface area contributed by atoms with E-state index in [4.69, 9.17) is 0 Å². The second-order valence-corrected chi connectivity index (χ2v) is 3.99. The van der Waals surface area contributed by atoms with E-state index in [1.807, 2.05) is 17.9 Å². The van der Waals surface area contributed by atoms with Gasteiger partial charge in [0.1, 0.15) is 0 Å². The van der Waals surface area contributed by atoms with E-state index in [1.165, 1.54) is 0 Å². The Morgan fingerprint density at radius 1 is 1.43 bits per heavy atom. The van der Waals surface area contributed by atoms with Crippen molar-refractivity contribution in [2.75, 3.05) is 26.2 Å². The number of rotatable bonds is 3. The fourth-order valence-corrected chi connectivity index (χ4v) is 1.69. The smallest absolute Gasteiger partial charge is 0.237 e. The first-order chi connectivity index (χ1) is 6.65. The van der Waals surface area contributed by atoms with E-state index < -0.39 is 0 Å². The van der Waals surface area contributed by atoms with E-state index in [2.05, 4.69) is 24.8 Å². The van der Waals surface area contributed by atoms with Crippen LogP contribution in [0.4, 0.5) is 0 Å². The van der Waals surface area contributed by atoms with Gasteiger partial charge in [0.15, 0.2) is 0 Å². The van der Waals surface area contributed by atoms with Gasteiger partial charge in [-0.1, -0.05) is 12.2 Å². The van der Waals surface area contributed by atoms with Crippen molar-refractivity contribution < 1.29 is 4.79 Å². The molecule has 0 saturated carbocycles. The SMILES string of the molecule is CC=CCN1CCN(C(C)C)C(=O)C1.